The minimum Gasteiger partial charge on any atom is -0.299 e. The number of benzene rings is 1. The Hall–Kier alpha value is -1.11. The smallest absolute Gasteiger partial charge is 0.137 e. The summed E-state index contributed by atoms with van der Waals surface area (Å²) in [5, 5.41) is 0. The lowest BCUT2D eigenvalue weighted by Gasteiger charge is -2.32. The molecule has 0 amide bonds. The van der Waals surface area contributed by atoms with Crippen LogP contribution in [0.25, 0.3) is 0 Å². The van der Waals surface area contributed by atoms with Crippen LogP contribution in [-0.4, -0.2) is 5.78 Å². The van der Waals surface area contributed by atoms with Crippen LogP contribution >= 0.6 is 0 Å². The van der Waals surface area contributed by atoms with Gasteiger partial charge < -0.3 is 0 Å². The van der Waals surface area contributed by atoms with Gasteiger partial charge in [-0.25, -0.2) is 0 Å². The molecule has 3 rings (SSSR count). The quantitative estimate of drug-likeness (QED) is 0.701. The number of carbonyl (C=O) groups is 1. The highest BCUT2D eigenvalue weighted by atomic mass is 16.1. The van der Waals surface area contributed by atoms with Crippen LogP contribution in [0.4, 0.5) is 0 Å². The first-order chi connectivity index (χ1) is 7.47. The van der Waals surface area contributed by atoms with Gasteiger partial charge in [0.05, 0.1) is 0 Å². The minimum atomic E-state index is 0.0719. The van der Waals surface area contributed by atoms with E-state index in [1.54, 1.807) is 0 Å². The van der Waals surface area contributed by atoms with Crippen LogP contribution in [0.2, 0.25) is 0 Å². The molecule has 0 aliphatic heterocycles. The van der Waals surface area contributed by atoms with Gasteiger partial charge in [-0.2, -0.15) is 0 Å². The van der Waals surface area contributed by atoms with Crippen LogP contribution in [0.1, 0.15) is 37.8 Å². The molecule has 84 valence electrons. The fourth-order valence-corrected chi connectivity index (χ4v) is 3.47. The van der Waals surface area contributed by atoms with Crippen molar-refractivity contribution in [3.05, 3.63) is 35.4 Å². The van der Waals surface area contributed by atoms with Crippen molar-refractivity contribution in [2.24, 2.45) is 11.3 Å². The fourth-order valence-electron chi connectivity index (χ4n) is 3.47. The molecule has 16 heavy (non-hydrogen) atoms. The van der Waals surface area contributed by atoms with Gasteiger partial charge in [0.1, 0.15) is 5.78 Å². The van der Waals surface area contributed by atoms with Crippen LogP contribution in [0.5, 0.6) is 0 Å². The zero-order chi connectivity index (χ0) is 11.6. The van der Waals surface area contributed by atoms with E-state index in [1.807, 2.05) is 0 Å². The first-order valence-corrected chi connectivity index (χ1v) is 6.07. The number of ketones is 1. The molecule has 2 aliphatic carbocycles. The van der Waals surface area contributed by atoms with Gasteiger partial charge in [0, 0.05) is 17.8 Å². The summed E-state index contributed by atoms with van der Waals surface area (Å²) in [5.41, 5.74) is 2.94. The Morgan fingerprint density at radius 3 is 2.25 bits per heavy atom. The second-order valence-corrected chi connectivity index (χ2v) is 6.02. The molecular weight excluding hydrogens is 196 g/mol. The van der Waals surface area contributed by atoms with Crippen LogP contribution in [0.15, 0.2) is 24.3 Å². The van der Waals surface area contributed by atoms with Gasteiger partial charge in [0.15, 0.2) is 0 Å². The Morgan fingerprint density at radius 1 is 1.19 bits per heavy atom. The number of Topliss-reactive ketones (excluding diaryl/α,β-unsaturated/α-hetero) is 1. The van der Waals surface area contributed by atoms with Crippen molar-refractivity contribution in [1.82, 2.24) is 0 Å². The highest BCUT2D eigenvalue weighted by molar-refractivity contribution is 5.90. The topological polar surface area (TPSA) is 17.1 Å². The normalized spacial score (nSPS) is 40.9. The zero-order valence-electron chi connectivity index (χ0n) is 10.2. The van der Waals surface area contributed by atoms with Gasteiger partial charge in [0.2, 0.25) is 0 Å². The van der Waals surface area contributed by atoms with Crippen LogP contribution in [0.3, 0.4) is 0 Å². The average Bonchev–Trinajstić information content (AvgIpc) is 2.88. The van der Waals surface area contributed by atoms with Gasteiger partial charge in [-0.1, -0.05) is 43.7 Å². The van der Waals surface area contributed by atoms with Gasteiger partial charge in [-0.05, 0) is 24.3 Å². The van der Waals surface area contributed by atoms with Gasteiger partial charge in [-0.3, -0.25) is 4.79 Å². The molecule has 0 bridgehead atoms. The summed E-state index contributed by atoms with van der Waals surface area (Å²) in [7, 11) is 0. The predicted molar refractivity (Wildman–Crippen MR) is 64.4 cm³/mol. The third-order valence-electron chi connectivity index (χ3n) is 5.10. The van der Waals surface area contributed by atoms with Crippen molar-refractivity contribution >= 4 is 5.78 Å². The summed E-state index contributed by atoms with van der Waals surface area (Å²) in [6, 6.07) is 8.72. The summed E-state index contributed by atoms with van der Waals surface area (Å²) in [4.78, 5) is 11.9. The number of fused-ring (bicyclic) bond motifs is 1. The third kappa shape index (κ3) is 1.04. The monoisotopic (exact) mass is 214 g/mol. The van der Waals surface area contributed by atoms with E-state index in [1.165, 1.54) is 11.1 Å². The van der Waals surface area contributed by atoms with Crippen LogP contribution in [-0.2, 0) is 10.2 Å². The molecule has 0 spiro atoms. The molecule has 1 nitrogen and oxygen atoms in total. The molecular formula is C15H18O. The lowest BCUT2D eigenvalue weighted by Crippen LogP contribution is -2.29. The first kappa shape index (κ1) is 10.1. The van der Waals surface area contributed by atoms with Crippen molar-refractivity contribution < 1.29 is 4.79 Å². The molecule has 0 N–H and O–H groups in total. The lowest BCUT2D eigenvalue weighted by atomic mass is 9.70. The molecule has 1 heteroatoms. The number of carbonyl (C=O) groups excluding carboxylic acids is 1. The summed E-state index contributed by atoms with van der Waals surface area (Å²) in [6.45, 7) is 6.65. The van der Waals surface area contributed by atoms with Gasteiger partial charge in [0.25, 0.3) is 0 Å². The second kappa shape index (κ2) is 2.77. The Balaban J connectivity index is 2.06. The van der Waals surface area contributed by atoms with E-state index in [0.29, 0.717) is 11.7 Å². The SMILES string of the molecule is Cc1ccc([C@]2(C)CC(=O)[C@@H]3C[C@@]32C)cc1. The molecule has 1 aromatic rings. The zero-order valence-corrected chi connectivity index (χ0v) is 10.2. The Kier molecular flexibility index (Phi) is 1.74. The number of aryl methyl sites for hydroxylation is 1. The van der Waals surface area contributed by atoms with Crippen molar-refractivity contribution in [2.75, 3.05) is 0 Å². The molecule has 0 aromatic heterocycles. The van der Waals surface area contributed by atoms with E-state index in [4.69, 9.17) is 0 Å². The maximum atomic E-state index is 11.9. The van der Waals surface area contributed by atoms with E-state index in [0.717, 1.165) is 12.8 Å². The molecule has 2 aliphatic rings. The largest absolute Gasteiger partial charge is 0.299 e. The van der Waals surface area contributed by atoms with Crippen molar-refractivity contribution in [3.8, 4) is 0 Å². The van der Waals surface area contributed by atoms with E-state index < -0.39 is 0 Å². The van der Waals surface area contributed by atoms with E-state index in [2.05, 4.69) is 45.0 Å². The Morgan fingerprint density at radius 2 is 1.81 bits per heavy atom. The van der Waals surface area contributed by atoms with E-state index in [9.17, 15) is 4.79 Å². The lowest BCUT2D eigenvalue weighted by molar-refractivity contribution is -0.119. The summed E-state index contributed by atoms with van der Waals surface area (Å²) in [5.74, 6) is 0.823. The first-order valence-electron chi connectivity index (χ1n) is 6.07. The highest BCUT2D eigenvalue weighted by Gasteiger charge is 2.69. The standard InChI is InChI=1S/C15H18O/c1-10-4-6-11(7-5-10)14(2)9-13(16)12-8-15(12,14)3/h4-7,12H,8-9H2,1-3H3/t12-,14-,15-/m0/s1. The fraction of sp³-hybridized carbons (Fsp3) is 0.533. The van der Waals surface area contributed by atoms with Crippen LogP contribution < -0.4 is 0 Å². The molecule has 0 unspecified atom stereocenters. The maximum absolute atomic E-state index is 11.9. The van der Waals surface area contributed by atoms with E-state index in [-0.39, 0.29) is 10.8 Å². The van der Waals surface area contributed by atoms with Crippen molar-refractivity contribution in [1.29, 1.82) is 0 Å². The average molecular weight is 214 g/mol. The molecule has 1 aromatic carbocycles. The summed E-state index contributed by atoms with van der Waals surface area (Å²) >= 11 is 0. The molecule has 0 saturated heterocycles. The van der Waals surface area contributed by atoms with Crippen molar-refractivity contribution in [2.45, 2.75) is 39.0 Å². The molecule has 0 heterocycles. The third-order valence-corrected chi connectivity index (χ3v) is 5.10. The number of hydrogen-bond acceptors (Lipinski definition) is 1. The highest BCUT2D eigenvalue weighted by Crippen LogP contribution is 2.70. The van der Waals surface area contributed by atoms with E-state index >= 15 is 0 Å². The Labute approximate surface area is 96.9 Å². The van der Waals surface area contributed by atoms with Crippen LogP contribution in [0, 0.1) is 18.3 Å². The molecule has 3 atom stereocenters. The minimum absolute atomic E-state index is 0.0719. The number of rotatable bonds is 1. The number of hydrogen-bond donors (Lipinski definition) is 0. The second-order valence-electron chi connectivity index (χ2n) is 6.02. The predicted octanol–water partition coefficient (Wildman–Crippen LogP) is 3.25. The molecule has 2 saturated carbocycles. The summed E-state index contributed by atoms with van der Waals surface area (Å²) < 4.78 is 0. The maximum Gasteiger partial charge on any atom is 0.137 e. The molecule has 0 radical (unpaired) electrons. The van der Waals surface area contributed by atoms with Gasteiger partial charge >= 0.3 is 0 Å². The van der Waals surface area contributed by atoms with Gasteiger partial charge in [-0.15, -0.1) is 0 Å². The summed E-state index contributed by atoms with van der Waals surface area (Å²) in [6.07, 6.45) is 1.83. The van der Waals surface area contributed by atoms with Crippen molar-refractivity contribution in [3.63, 3.8) is 0 Å². The Bertz CT molecular complexity index is 459. The molecule has 2 fully saturated rings.